The Morgan fingerprint density at radius 3 is 2.42 bits per heavy atom. The summed E-state index contributed by atoms with van der Waals surface area (Å²) in [6, 6.07) is 0.837. The van der Waals surface area contributed by atoms with E-state index in [2.05, 4.69) is 18.7 Å². The molecule has 1 fully saturated rings. The lowest BCUT2D eigenvalue weighted by Gasteiger charge is -2.47. The van der Waals surface area contributed by atoms with E-state index in [0.29, 0.717) is 0 Å². The second kappa shape index (κ2) is 5.79. The van der Waals surface area contributed by atoms with Gasteiger partial charge in [0.1, 0.15) is 0 Å². The second-order valence-electron chi connectivity index (χ2n) is 3.43. The molecule has 1 aliphatic rings. The van der Waals surface area contributed by atoms with E-state index >= 15 is 0 Å². The zero-order chi connectivity index (χ0) is 8.27. The van der Waals surface area contributed by atoms with E-state index in [4.69, 9.17) is 5.73 Å². The maximum absolute atomic E-state index is 5.50. The van der Waals surface area contributed by atoms with Crippen LogP contribution in [-0.2, 0) is 0 Å². The Morgan fingerprint density at radius 1 is 1.33 bits per heavy atom. The van der Waals surface area contributed by atoms with Crippen LogP contribution in [0.1, 0.15) is 26.7 Å². The van der Waals surface area contributed by atoms with Crippen molar-refractivity contribution in [3.05, 3.63) is 0 Å². The first-order valence-corrected chi connectivity index (χ1v) is 4.77. The molecule has 2 atom stereocenters. The third-order valence-corrected chi connectivity index (χ3v) is 2.84. The van der Waals surface area contributed by atoms with E-state index in [-0.39, 0.29) is 12.4 Å². The Labute approximate surface area is 81.9 Å². The van der Waals surface area contributed by atoms with E-state index < -0.39 is 0 Å². The fourth-order valence-corrected chi connectivity index (χ4v) is 2.13. The van der Waals surface area contributed by atoms with Gasteiger partial charge in [-0.25, -0.2) is 0 Å². The van der Waals surface area contributed by atoms with Gasteiger partial charge in [0, 0.05) is 25.7 Å². The molecule has 2 unspecified atom stereocenters. The lowest BCUT2D eigenvalue weighted by molar-refractivity contribution is 0.0135. The van der Waals surface area contributed by atoms with Crippen LogP contribution in [0.3, 0.4) is 0 Å². The Balaban J connectivity index is 0.00000121. The van der Waals surface area contributed by atoms with Gasteiger partial charge in [0.15, 0.2) is 0 Å². The van der Waals surface area contributed by atoms with Crippen LogP contribution in [0.4, 0.5) is 0 Å². The molecule has 1 saturated heterocycles. The SMILES string of the molecule is CCC1CN(CCN)C1CC.Cl. The molecule has 0 aromatic heterocycles. The number of nitrogens with two attached hydrogens (primary N) is 1. The molecule has 74 valence electrons. The maximum atomic E-state index is 5.50. The molecular formula is C9H21ClN2. The fraction of sp³-hybridized carbons (Fsp3) is 1.00. The minimum atomic E-state index is 0. The van der Waals surface area contributed by atoms with Gasteiger partial charge in [0.05, 0.1) is 0 Å². The molecule has 0 saturated carbocycles. The first-order chi connectivity index (χ1) is 5.33. The third-order valence-electron chi connectivity index (χ3n) is 2.84. The molecule has 0 aromatic carbocycles. The van der Waals surface area contributed by atoms with Crippen molar-refractivity contribution in [3.8, 4) is 0 Å². The minimum Gasteiger partial charge on any atom is -0.329 e. The Bertz CT molecular complexity index is 119. The summed E-state index contributed by atoms with van der Waals surface area (Å²) in [6.07, 6.45) is 2.62. The Kier molecular flexibility index (Phi) is 5.89. The van der Waals surface area contributed by atoms with Gasteiger partial charge in [0.25, 0.3) is 0 Å². The molecule has 12 heavy (non-hydrogen) atoms. The van der Waals surface area contributed by atoms with Crippen LogP contribution in [0.2, 0.25) is 0 Å². The topological polar surface area (TPSA) is 29.3 Å². The van der Waals surface area contributed by atoms with E-state index in [1.165, 1.54) is 19.4 Å². The normalized spacial score (nSPS) is 29.2. The predicted octanol–water partition coefficient (Wildman–Crippen LogP) is 1.49. The average Bonchev–Trinajstić information content (AvgIpc) is 1.98. The van der Waals surface area contributed by atoms with Crippen LogP contribution in [0.5, 0.6) is 0 Å². The van der Waals surface area contributed by atoms with Gasteiger partial charge in [0.2, 0.25) is 0 Å². The third kappa shape index (κ3) is 2.35. The van der Waals surface area contributed by atoms with Crippen molar-refractivity contribution in [2.24, 2.45) is 11.7 Å². The molecule has 1 rings (SSSR count). The van der Waals surface area contributed by atoms with Gasteiger partial charge in [-0.1, -0.05) is 20.3 Å². The highest BCUT2D eigenvalue weighted by molar-refractivity contribution is 5.85. The quantitative estimate of drug-likeness (QED) is 0.732. The molecule has 1 heterocycles. The summed E-state index contributed by atoms with van der Waals surface area (Å²) < 4.78 is 0. The average molecular weight is 193 g/mol. The van der Waals surface area contributed by atoms with E-state index in [0.717, 1.165) is 25.0 Å². The largest absolute Gasteiger partial charge is 0.329 e. The van der Waals surface area contributed by atoms with Crippen molar-refractivity contribution in [1.29, 1.82) is 0 Å². The van der Waals surface area contributed by atoms with Crippen molar-refractivity contribution >= 4 is 12.4 Å². The number of hydrogen-bond acceptors (Lipinski definition) is 2. The zero-order valence-corrected chi connectivity index (χ0v) is 8.94. The van der Waals surface area contributed by atoms with Crippen LogP contribution < -0.4 is 5.73 Å². The molecular weight excluding hydrogens is 172 g/mol. The highest BCUT2D eigenvalue weighted by atomic mass is 35.5. The van der Waals surface area contributed by atoms with Crippen molar-refractivity contribution in [1.82, 2.24) is 4.90 Å². The maximum Gasteiger partial charge on any atom is 0.0134 e. The molecule has 2 N–H and O–H groups in total. The Hall–Kier alpha value is 0.210. The van der Waals surface area contributed by atoms with E-state index in [9.17, 15) is 0 Å². The lowest BCUT2D eigenvalue weighted by atomic mass is 9.85. The molecule has 0 bridgehead atoms. The smallest absolute Gasteiger partial charge is 0.0134 e. The van der Waals surface area contributed by atoms with Gasteiger partial charge in [-0.3, -0.25) is 4.90 Å². The van der Waals surface area contributed by atoms with Crippen LogP contribution in [0.15, 0.2) is 0 Å². The summed E-state index contributed by atoms with van der Waals surface area (Å²) in [5, 5.41) is 0. The van der Waals surface area contributed by atoms with Crippen LogP contribution in [0.25, 0.3) is 0 Å². The van der Waals surface area contributed by atoms with E-state index in [1.54, 1.807) is 0 Å². The first kappa shape index (κ1) is 12.2. The molecule has 0 aromatic rings. The zero-order valence-electron chi connectivity index (χ0n) is 8.12. The number of hydrogen-bond donors (Lipinski definition) is 1. The summed E-state index contributed by atoms with van der Waals surface area (Å²) in [5.41, 5.74) is 5.50. The highest BCUT2D eigenvalue weighted by Gasteiger charge is 2.34. The van der Waals surface area contributed by atoms with Crippen LogP contribution in [0, 0.1) is 5.92 Å². The van der Waals surface area contributed by atoms with Crippen LogP contribution >= 0.6 is 12.4 Å². The molecule has 0 radical (unpaired) electrons. The van der Waals surface area contributed by atoms with Gasteiger partial charge in [-0.05, 0) is 12.3 Å². The van der Waals surface area contributed by atoms with Crippen molar-refractivity contribution in [2.75, 3.05) is 19.6 Å². The summed E-state index contributed by atoms with van der Waals surface area (Å²) >= 11 is 0. The number of likely N-dealkylation sites (tertiary alicyclic amines) is 1. The molecule has 0 spiro atoms. The molecule has 0 aliphatic carbocycles. The number of rotatable bonds is 4. The van der Waals surface area contributed by atoms with Crippen molar-refractivity contribution < 1.29 is 0 Å². The minimum absolute atomic E-state index is 0. The summed E-state index contributed by atoms with van der Waals surface area (Å²) in [6.45, 7) is 7.75. The summed E-state index contributed by atoms with van der Waals surface area (Å²) in [5.74, 6) is 0.951. The molecule has 3 heteroatoms. The molecule has 0 amide bonds. The summed E-state index contributed by atoms with van der Waals surface area (Å²) in [4.78, 5) is 2.51. The summed E-state index contributed by atoms with van der Waals surface area (Å²) in [7, 11) is 0. The van der Waals surface area contributed by atoms with Crippen LogP contribution in [-0.4, -0.2) is 30.6 Å². The number of halogens is 1. The Morgan fingerprint density at radius 2 is 2.00 bits per heavy atom. The van der Waals surface area contributed by atoms with Gasteiger partial charge in [-0.15, -0.1) is 12.4 Å². The second-order valence-corrected chi connectivity index (χ2v) is 3.43. The monoisotopic (exact) mass is 192 g/mol. The van der Waals surface area contributed by atoms with Crippen molar-refractivity contribution in [2.45, 2.75) is 32.7 Å². The number of nitrogens with zero attached hydrogens (tertiary/aromatic N) is 1. The van der Waals surface area contributed by atoms with Gasteiger partial charge < -0.3 is 5.73 Å². The molecule has 1 aliphatic heterocycles. The fourth-order valence-electron chi connectivity index (χ4n) is 2.13. The first-order valence-electron chi connectivity index (χ1n) is 4.77. The van der Waals surface area contributed by atoms with Gasteiger partial charge in [-0.2, -0.15) is 0 Å². The van der Waals surface area contributed by atoms with E-state index in [1.807, 2.05) is 0 Å². The molecule has 2 nitrogen and oxygen atoms in total. The predicted molar refractivity (Wildman–Crippen MR) is 55.7 cm³/mol. The van der Waals surface area contributed by atoms with Gasteiger partial charge >= 0.3 is 0 Å². The highest BCUT2D eigenvalue weighted by Crippen LogP contribution is 2.28. The van der Waals surface area contributed by atoms with Crippen molar-refractivity contribution in [3.63, 3.8) is 0 Å². The standard InChI is InChI=1S/C9H20N2.ClH/c1-3-8-7-11(6-5-10)9(8)4-2;/h8-9H,3-7,10H2,1-2H3;1H. The lowest BCUT2D eigenvalue weighted by Crippen LogP contribution is -2.56.